The predicted octanol–water partition coefficient (Wildman–Crippen LogP) is 1.48. The Hall–Kier alpha value is -2.60. The molecule has 25 heavy (non-hydrogen) atoms. The fourth-order valence-electron chi connectivity index (χ4n) is 2.30. The first-order chi connectivity index (χ1) is 12.1. The Labute approximate surface area is 154 Å². The highest BCUT2D eigenvalue weighted by Crippen LogP contribution is 2.30. The van der Waals surface area contributed by atoms with E-state index in [-0.39, 0.29) is 0 Å². The third-order valence-corrected chi connectivity index (χ3v) is 3.69. The molecule has 3 N–H and O–H groups in total. The van der Waals surface area contributed by atoms with Crippen LogP contribution in [-0.2, 0) is 6.61 Å². The van der Waals surface area contributed by atoms with Crippen molar-refractivity contribution < 1.29 is 14.6 Å². The van der Waals surface area contributed by atoms with Crippen LogP contribution >= 0.6 is 12.2 Å². The molecule has 0 atom stereocenters. The zero-order chi connectivity index (χ0) is 18.1. The van der Waals surface area contributed by atoms with Crippen LogP contribution in [0.2, 0.25) is 0 Å². The normalized spacial score (nSPS) is 10.5. The van der Waals surface area contributed by atoms with Crippen molar-refractivity contribution in [3.8, 4) is 11.5 Å². The molecule has 5 nitrogen and oxygen atoms in total. The molecule has 132 valence electrons. The minimum Gasteiger partial charge on any atom is -0.493 e. The summed E-state index contributed by atoms with van der Waals surface area (Å²) in [5.41, 5.74) is 6.07. The third-order valence-electron chi connectivity index (χ3n) is 3.45. The van der Waals surface area contributed by atoms with Crippen LogP contribution in [-0.4, -0.2) is 25.0 Å². The molecule has 0 aliphatic heterocycles. The second-order valence-corrected chi connectivity index (χ2v) is 5.84. The number of thiocarbonyl (C=S) groups is 1. The number of ether oxygens (including phenoxy) is 2. The Bertz CT molecular complexity index is 747. The minimum absolute atomic E-state index is 0.464. The molecule has 0 aliphatic carbocycles. The Morgan fingerprint density at radius 3 is 2.76 bits per heavy atom. The summed E-state index contributed by atoms with van der Waals surface area (Å²) < 4.78 is 11.5. The molecule has 2 aromatic rings. The summed E-state index contributed by atoms with van der Waals surface area (Å²) in [7, 11) is 1.63. The predicted molar refractivity (Wildman–Crippen MR) is 104 cm³/mol. The van der Waals surface area contributed by atoms with Crippen molar-refractivity contribution in [1.82, 2.24) is 10.7 Å². The molecule has 0 saturated heterocycles. The van der Waals surface area contributed by atoms with Crippen molar-refractivity contribution in [2.45, 2.75) is 20.5 Å². The fraction of sp³-hybridized carbons (Fsp3) is 0.263. The van der Waals surface area contributed by atoms with Gasteiger partial charge in [0.25, 0.3) is 0 Å². The lowest BCUT2D eigenvalue weighted by Crippen LogP contribution is -2.82. The number of nitrogens with one attached hydrogen (secondary N) is 3. The monoisotopic (exact) mass is 358 g/mol. The Balaban J connectivity index is 2.14. The van der Waals surface area contributed by atoms with Gasteiger partial charge < -0.3 is 14.8 Å². The lowest BCUT2D eigenvalue weighted by Gasteiger charge is -2.12. The van der Waals surface area contributed by atoms with Crippen molar-refractivity contribution in [3.63, 3.8) is 0 Å². The summed E-state index contributed by atoms with van der Waals surface area (Å²) in [5, 5.41) is 6.51. The molecule has 0 fully saturated rings. The van der Waals surface area contributed by atoms with E-state index in [0.717, 1.165) is 17.7 Å². The number of benzene rings is 2. The Kier molecular flexibility index (Phi) is 7.22. The maximum Gasteiger partial charge on any atom is 0.223 e. The first-order valence-electron chi connectivity index (χ1n) is 8.12. The third kappa shape index (κ3) is 5.76. The van der Waals surface area contributed by atoms with Crippen LogP contribution in [0.1, 0.15) is 23.6 Å². The smallest absolute Gasteiger partial charge is 0.223 e. The molecular formula is C19H24N3O2S+. The average molecular weight is 358 g/mol. The second kappa shape index (κ2) is 9.64. The van der Waals surface area contributed by atoms with E-state index in [1.165, 1.54) is 5.56 Å². The highest BCUT2D eigenvalue weighted by Gasteiger charge is 2.11. The second-order valence-electron chi connectivity index (χ2n) is 5.43. The summed E-state index contributed by atoms with van der Waals surface area (Å²) in [4.78, 5) is 0. The van der Waals surface area contributed by atoms with Gasteiger partial charge in [0.2, 0.25) is 11.3 Å². The first-order valence-corrected chi connectivity index (χ1v) is 8.52. The van der Waals surface area contributed by atoms with Crippen molar-refractivity contribution in [1.29, 1.82) is 0 Å². The SMILES string of the molecule is CCNC(=S)N[NH+]=Cc1cccc(OC)c1OCc1cccc(C)c1. The molecule has 0 spiro atoms. The van der Waals surface area contributed by atoms with Crippen LogP contribution in [0.15, 0.2) is 42.5 Å². The van der Waals surface area contributed by atoms with E-state index in [4.69, 9.17) is 21.7 Å². The van der Waals surface area contributed by atoms with Gasteiger partial charge in [-0.25, -0.2) is 0 Å². The molecule has 0 saturated carbocycles. The number of aryl methyl sites for hydroxylation is 1. The van der Waals surface area contributed by atoms with Gasteiger partial charge in [-0.2, -0.15) is 0 Å². The van der Waals surface area contributed by atoms with E-state index in [1.807, 2.05) is 37.3 Å². The van der Waals surface area contributed by atoms with Gasteiger partial charge >= 0.3 is 0 Å². The van der Waals surface area contributed by atoms with E-state index in [1.54, 1.807) is 13.3 Å². The Morgan fingerprint density at radius 2 is 2.04 bits per heavy atom. The zero-order valence-electron chi connectivity index (χ0n) is 14.8. The van der Waals surface area contributed by atoms with E-state index in [2.05, 4.69) is 34.9 Å². The number of hydrogen-bond donors (Lipinski definition) is 3. The molecule has 0 aromatic heterocycles. The summed E-state index contributed by atoms with van der Waals surface area (Å²) >= 11 is 5.12. The van der Waals surface area contributed by atoms with Crippen LogP contribution in [0.25, 0.3) is 0 Å². The highest BCUT2D eigenvalue weighted by atomic mass is 32.1. The van der Waals surface area contributed by atoms with Gasteiger partial charge in [0.15, 0.2) is 11.5 Å². The molecule has 0 radical (unpaired) electrons. The summed E-state index contributed by atoms with van der Waals surface area (Å²) in [6.45, 7) is 5.27. The maximum atomic E-state index is 6.03. The Morgan fingerprint density at radius 1 is 1.24 bits per heavy atom. The number of rotatable bonds is 7. The van der Waals surface area contributed by atoms with Crippen molar-refractivity contribution in [2.24, 2.45) is 0 Å². The number of hydrazine groups is 1. The molecule has 0 heterocycles. The van der Waals surface area contributed by atoms with Gasteiger partial charge in [-0.1, -0.05) is 35.9 Å². The van der Waals surface area contributed by atoms with Gasteiger partial charge in [0, 0.05) is 6.54 Å². The number of hydrazone groups is 1. The molecule has 0 amide bonds. The number of para-hydroxylation sites is 1. The lowest BCUT2D eigenvalue weighted by atomic mass is 10.1. The molecule has 2 aromatic carbocycles. The highest BCUT2D eigenvalue weighted by molar-refractivity contribution is 7.80. The topological polar surface area (TPSA) is 56.5 Å². The van der Waals surface area contributed by atoms with E-state index in [9.17, 15) is 0 Å². The average Bonchev–Trinajstić information content (AvgIpc) is 2.60. The van der Waals surface area contributed by atoms with Crippen molar-refractivity contribution >= 4 is 23.5 Å². The van der Waals surface area contributed by atoms with Crippen LogP contribution in [0, 0.1) is 6.92 Å². The molecule has 0 aliphatic rings. The van der Waals surface area contributed by atoms with Crippen molar-refractivity contribution in [3.05, 3.63) is 59.2 Å². The number of hydrogen-bond acceptors (Lipinski definition) is 3. The minimum atomic E-state index is 0.464. The van der Waals surface area contributed by atoms with Crippen LogP contribution < -0.4 is 25.3 Å². The van der Waals surface area contributed by atoms with Gasteiger partial charge in [-0.05, 0) is 43.8 Å². The summed E-state index contributed by atoms with van der Waals surface area (Å²) in [6, 6.07) is 14.0. The van der Waals surface area contributed by atoms with Gasteiger partial charge in [0.1, 0.15) is 6.61 Å². The molecular weight excluding hydrogens is 334 g/mol. The standard InChI is InChI=1S/C19H23N3O2S/c1-4-20-19(25)22-21-12-16-9-6-10-17(23-3)18(16)24-13-15-8-5-7-14(2)11-15/h5-12H,4,13H2,1-3H3,(H2,20,22,25)/p+1. The summed E-state index contributed by atoms with van der Waals surface area (Å²) in [5.74, 6) is 1.35. The fourth-order valence-corrected chi connectivity index (χ4v) is 2.51. The quantitative estimate of drug-likeness (QED) is 0.398. The maximum absolute atomic E-state index is 6.03. The molecule has 0 bridgehead atoms. The van der Waals surface area contributed by atoms with E-state index < -0.39 is 0 Å². The van der Waals surface area contributed by atoms with Gasteiger partial charge in [-0.15, -0.1) is 10.5 Å². The van der Waals surface area contributed by atoms with Crippen LogP contribution in [0.5, 0.6) is 11.5 Å². The summed E-state index contributed by atoms with van der Waals surface area (Å²) in [6.07, 6.45) is 1.79. The van der Waals surface area contributed by atoms with Gasteiger partial charge in [-0.3, -0.25) is 0 Å². The zero-order valence-corrected chi connectivity index (χ0v) is 15.6. The van der Waals surface area contributed by atoms with Gasteiger partial charge in [0.05, 0.1) is 12.7 Å². The first kappa shape index (κ1) is 18.7. The molecule has 0 unspecified atom stereocenters. The van der Waals surface area contributed by atoms with Crippen molar-refractivity contribution in [2.75, 3.05) is 13.7 Å². The van der Waals surface area contributed by atoms with Crippen LogP contribution in [0.4, 0.5) is 0 Å². The lowest BCUT2D eigenvalue weighted by molar-refractivity contribution is -0.500. The van der Waals surface area contributed by atoms with E-state index in [0.29, 0.717) is 23.2 Å². The number of methoxy groups -OCH3 is 1. The largest absolute Gasteiger partial charge is 0.493 e. The molecule has 2 rings (SSSR count). The van der Waals surface area contributed by atoms with Crippen LogP contribution in [0.3, 0.4) is 0 Å². The van der Waals surface area contributed by atoms with E-state index >= 15 is 0 Å². The molecule has 6 heteroatoms.